The van der Waals surface area contributed by atoms with Gasteiger partial charge in [-0.3, -0.25) is 4.98 Å². The predicted octanol–water partition coefficient (Wildman–Crippen LogP) is -0.228. The van der Waals surface area contributed by atoms with Gasteiger partial charge >= 0.3 is 17.8 Å². The van der Waals surface area contributed by atoms with E-state index in [0.29, 0.717) is 22.4 Å². The van der Waals surface area contributed by atoms with Crippen molar-refractivity contribution >= 4 is 23.6 Å². The summed E-state index contributed by atoms with van der Waals surface area (Å²) in [6, 6.07) is 0.811. The maximum absolute atomic E-state index is 11.4. The molecule has 0 saturated heterocycles. The lowest BCUT2D eigenvalue weighted by Gasteiger charge is -2.26. The van der Waals surface area contributed by atoms with E-state index >= 15 is 0 Å². The zero-order valence-electron chi connectivity index (χ0n) is 18.8. The summed E-state index contributed by atoms with van der Waals surface area (Å²) in [5, 5.41) is 25.4. The number of carbonyl (C=O) groups is 1. The van der Waals surface area contributed by atoms with Gasteiger partial charge in [0.05, 0.1) is 12.2 Å². The molecule has 2 fully saturated rings. The summed E-state index contributed by atoms with van der Waals surface area (Å²) in [6.45, 7) is 0. The first kappa shape index (κ1) is 25.2. The Balaban J connectivity index is 0.000000384. The van der Waals surface area contributed by atoms with Crippen molar-refractivity contribution in [1.29, 1.82) is 0 Å². The van der Waals surface area contributed by atoms with Gasteiger partial charge in [-0.25, -0.2) is 14.6 Å². The Morgan fingerprint density at radius 3 is 2.42 bits per heavy atom. The van der Waals surface area contributed by atoms with Gasteiger partial charge in [0.1, 0.15) is 5.69 Å². The molecule has 3 heterocycles. The number of carboxylic acids is 1. The fourth-order valence-electron chi connectivity index (χ4n) is 3.59. The molecule has 5 rings (SSSR count). The average molecular weight is 511 g/mol. The van der Waals surface area contributed by atoms with Gasteiger partial charge < -0.3 is 26.2 Å². The molecule has 0 aromatic carbocycles. The van der Waals surface area contributed by atoms with Crippen LogP contribution in [-0.2, 0) is 4.79 Å². The van der Waals surface area contributed by atoms with Crippen LogP contribution in [0.3, 0.4) is 0 Å². The van der Waals surface area contributed by atoms with Crippen molar-refractivity contribution < 1.29 is 28.2 Å². The van der Waals surface area contributed by atoms with Crippen molar-refractivity contribution in [2.24, 2.45) is 10.7 Å². The minimum absolute atomic E-state index is 0.233. The van der Waals surface area contributed by atoms with Crippen molar-refractivity contribution in [1.82, 2.24) is 29.5 Å². The predicted molar refractivity (Wildman–Crippen MR) is 119 cm³/mol. The lowest BCUT2D eigenvalue weighted by molar-refractivity contribution is -0.192. The second-order valence-corrected chi connectivity index (χ2v) is 8.59. The van der Waals surface area contributed by atoms with Gasteiger partial charge in [0.2, 0.25) is 11.8 Å². The third kappa shape index (κ3) is 6.18. The highest BCUT2D eigenvalue weighted by Crippen LogP contribution is 2.22. The largest absolute Gasteiger partial charge is 0.493 e. The zero-order valence-corrected chi connectivity index (χ0v) is 18.8. The molecule has 16 heteroatoms. The first-order valence-corrected chi connectivity index (χ1v) is 11.1. The van der Waals surface area contributed by atoms with Crippen LogP contribution < -0.4 is 27.6 Å². The van der Waals surface area contributed by atoms with Crippen LogP contribution in [0.15, 0.2) is 16.0 Å². The normalized spacial score (nSPS) is 21.3. The van der Waals surface area contributed by atoms with E-state index in [1.54, 1.807) is 16.8 Å². The van der Waals surface area contributed by atoms with Gasteiger partial charge in [-0.15, -0.1) is 0 Å². The van der Waals surface area contributed by atoms with E-state index < -0.39 is 17.8 Å². The van der Waals surface area contributed by atoms with Crippen LogP contribution >= 0.6 is 0 Å². The van der Waals surface area contributed by atoms with Crippen LogP contribution in [0.25, 0.3) is 11.7 Å². The maximum atomic E-state index is 11.4. The molecule has 0 spiro atoms. The summed E-state index contributed by atoms with van der Waals surface area (Å²) >= 11 is 0. The molecule has 2 saturated carbocycles. The molecule has 0 aliphatic heterocycles. The van der Waals surface area contributed by atoms with E-state index in [0.717, 1.165) is 38.5 Å². The van der Waals surface area contributed by atoms with Crippen LogP contribution in [0.5, 0.6) is 5.88 Å². The minimum Gasteiger partial charge on any atom is -0.493 e. The highest BCUT2D eigenvalue weighted by molar-refractivity contribution is 5.73. The van der Waals surface area contributed by atoms with Gasteiger partial charge in [0.15, 0.2) is 5.65 Å². The number of aromatic hydroxyl groups is 1. The highest BCUT2D eigenvalue weighted by Gasteiger charge is 2.38. The number of hydrogen-bond acceptors (Lipinski definition) is 9. The number of halogens is 3. The quantitative estimate of drug-likeness (QED) is 0.274. The molecule has 0 radical (unpaired) electrons. The number of nitrogens with two attached hydrogens (primary N) is 1. The number of imidazole rings is 1. The van der Waals surface area contributed by atoms with Crippen molar-refractivity contribution in [2.45, 2.75) is 62.8 Å². The first-order valence-electron chi connectivity index (χ1n) is 11.1. The summed E-state index contributed by atoms with van der Waals surface area (Å²) in [5.74, 6) is -2.49. The first-order chi connectivity index (χ1) is 17.0. The smallest absolute Gasteiger partial charge is 0.490 e. The molecule has 2 aliphatic carbocycles. The number of nitrogens with one attached hydrogen (secondary N) is 3. The number of aromatic amines is 2. The summed E-state index contributed by atoms with van der Waals surface area (Å²) in [5.41, 5.74) is 6.84. The summed E-state index contributed by atoms with van der Waals surface area (Å²) in [6.07, 6.45) is 4.15. The van der Waals surface area contributed by atoms with E-state index in [1.807, 2.05) is 0 Å². The van der Waals surface area contributed by atoms with Crippen molar-refractivity contribution in [2.75, 3.05) is 5.32 Å². The van der Waals surface area contributed by atoms with Gasteiger partial charge in [-0.2, -0.15) is 32.8 Å². The number of alkyl halides is 3. The van der Waals surface area contributed by atoms with E-state index in [9.17, 15) is 23.1 Å². The fourth-order valence-corrected chi connectivity index (χ4v) is 3.59. The number of aliphatic carboxylic acids is 1. The van der Waals surface area contributed by atoms with E-state index in [1.165, 1.54) is 0 Å². The Bertz CT molecular complexity index is 1420. The van der Waals surface area contributed by atoms with Crippen molar-refractivity contribution in [3.05, 3.63) is 33.2 Å². The van der Waals surface area contributed by atoms with Crippen LogP contribution in [-0.4, -0.2) is 70.0 Å². The molecule has 2 aliphatic rings. The van der Waals surface area contributed by atoms with Crippen LogP contribution in [0, 0.1) is 0 Å². The van der Waals surface area contributed by atoms with Gasteiger partial charge in [0, 0.05) is 17.3 Å². The number of fused-ring (bicyclic) bond motifs is 1. The fraction of sp³-hybridized carbons (Fsp3) is 0.500. The molecule has 13 nitrogen and oxygen atoms in total. The number of H-pyrrole nitrogens is 2. The standard InChI is InChI=1S/C18H23N9O2.C2HF3O2/c19-10-1-3-11(4-2-10)21-16-24-14-9(7-13-15(28)25-18(29)23-13)8-20-27(14)17(26-16)22-12-5-6-12;3-2(4,5)1(6)7/h7-8,10-12,28H,1-6,19H2,(H,21,22,26)(H2,23,25,29);(H,6,7). The monoisotopic (exact) mass is 511 g/mol. The summed E-state index contributed by atoms with van der Waals surface area (Å²) < 4.78 is 33.3. The molecule has 3 aromatic rings. The number of anilines is 1. The lowest BCUT2D eigenvalue weighted by atomic mass is 9.92. The van der Waals surface area contributed by atoms with E-state index in [4.69, 9.17) is 15.6 Å². The maximum Gasteiger partial charge on any atom is 0.490 e. The van der Waals surface area contributed by atoms with Crippen LogP contribution in [0.2, 0.25) is 0 Å². The third-order valence-corrected chi connectivity index (χ3v) is 5.61. The molecular weight excluding hydrogens is 487 g/mol. The SMILES string of the molecule is NC1CCC(Nc2nc(=NC3CC3)n3ncc(=Cc4[nH]c(=O)[nH]c4O)c3n2)CC1.O=C(O)C(F)(F)F. The van der Waals surface area contributed by atoms with E-state index in [2.05, 4.69) is 35.3 Å². The van der Waals surface area contributed by atoms with Gasteiger partial charge in [-0.1, -0.05) is 0 Å². The van der Waals surface area contributed by atoms with Crippen molar-refractivity contribution in [3.63, 3.8) is 0 Å². The van der Waals surface area contributed by atoms with Crippen LogP contribution in [0.4, 0.5) is 19.1 Å². The molecule has 0 bridgehead atoms. The molecule has 7 N–H and O–H groups in total. The minimum atomic E-state index is -5.08. The highest BCUT2D eigenvalue weighted by atomic mass is 19.4. The number of hydrogen-bond donors (Lipinski definition) is 6. The number of rotatable bonds is 4. The molecule has 0 atom stereocenters. The molecule has 0 amide bonds. The Labute approximate surface area is 200 Å². The second kappa shape index (κ2) is 9.96. The second-order valence-electron chi connectivity index (χ2n) is 8.59. The lowest BCUT2D eigenvalue weighted by Crippen LogP contribution is -2.34. The number of carboxylic acid groups (broad SMARTS) is 1. The Kier molecular flexibility index (Phi) is 6.96. The number of aromatic nitrogens is 6. The summed E-state index contributed by atoms with van der Waals surface area (Å²) in [4.78, 5) is 39.0. The van der Waals surface area contributed by atoms with Crippen LogP contribution in [0.1, 0.15) is 44.2 Å². The average Bonchev–Trinajstić information content (AvgIpc) is 3.43. The number of nitrogens with zero attached hydrogens (tertiary/aromatic N) is 5. The van der Waals surface area contributed by atoms with Gasteiger partial charge in [-0.05, 0) is 44.6 Å². The van der Waals surface area contributed by atoms with Crippen molar-refractivity contribution in [3.8, 4) is 5.88 Å². The Morgan fingerprint density at radius 2 is 1.86 bits per heavy atom. The molecule has 3 aromatic heterocycles. The molecule has 36 heavy (non-hydrogen) atoms. The summed E-state index contributed by atoms with van der Waals surface area (Å²) in [7, 11) is 0. The zero-order chi connectivity index (χ0) is 26.0. The Morgan fingerprint density at radius 1 is 1.19 bits per heavy atom. The van der Waals surface area contributed by atoms with Gasteiger partial charge in [0.25, 0.3) is 5.62 Å². The third-order valence-electron chi connectivity index (χ3n) is 5.61. The topological polar surface area (TPSA) is 200 Å². The molecular formula is C20H24F3N9O4. The van der Waals surface area contributed by atoms with E-state index in [-0.39, 0.29) is 29.7 Å². The molecule has 0 unspecified atom stereocenters. The molecule has 194 valence electrons. The Hall–Kier alpha value is -3.95.